The Labute approximate surface area is 193 Å². The van der Waals surface area contributed by atoms with E-state index in [1.54, 1.807) is 0 Å². The van der Waals surface area contributed by atoms with Crippen molar-refractivity contribution < 1.29 is 37.9 Å². The minimum Gasteiger partial charge on any atom is -0.480 e. The summed E-state index contributed by atoms with van der Waals surface area (Å²) in [6.45, 7) is 3.40. The largest absolute Gasteiger partial charge is 0.480 e. The van der Waals surface area contributed by atoms with E-state index in [2.05, 4.69) is 6.92 Å². The van der Waals surface area contributed by atoms with Crippen LogP contribution in [0.3, 0.4) is 0 Å². The number of rotatable bonds is 22. The number of aliphatic carboxylic acids is 1. The van der Waals surface area contributed by atoms with Crippen molar-refractivity contribution in [2.24, 2.45) is 5.73 Å². The second-order valence-electron chi connectivity index (χ2n) is 8.19. The second kappa shape index (κ2) is 19.5. The average Bonchev–Trinajstić information content (AvgIpc) is 2.73. The molecule has 190 valence electrons. The van der Waals surface area contributed by atoms with Crippen LogP contribution in [-0.4, -0.2) is 47.3 Å². The molecule has 0 radical (unpaired) electrons. The lowest BCUT2D eigenvalue weighted by molar-refractivity contribution is -0.144. The van der Waals surface area contributed by atoms with Crippen molar-refractivity contribution in [2.75, 3.05) is 13.2 Å². The van der Waals surface area contributed by atoms with E-state index in [4.69, 9.17) is 24.6 Å². The quantitative estimate of drug-likeness (QED) is 0.111. The summed E-state index contributed by atoms with van der Waals surface area (Å²) in [5, 5.41) is 8.75. The lowest BCUT2D eigenvalue weighted by atomic mass is 10.0. The van der Waals surface area contributed by atoms with Gasteiger partial charge in [0.1, 0.15) is 6.04 Å². The Morgan fingerprint density at radius 1 is 0.875 bits per heavy atom. The maximum Gasteiger partial charge on any atom is 0.472 e. The van der Waals surface area contributed by atoms with Crippen molar-refractivity contribution in [3.8, 4) is 0 Å². The SMILES string of the molecule is CCCCCCCCCCCCCCC(=O)OCCCOP(=O)(O)O[C@@H](C)[C@@H](N)C(=O)O. The maximum atomic E-state index is 11.7. The first-order valence-electron chi connectivity index (χ1n) is 12.0. The van der Waals surface area contributed by atoms with Crippen LogP contribution in [0.2, 0.25) is 0 Å². The van der Waals surface area contributed by atoms with Crippen LogP contribution in [0.25, 0.3) is 0 Å². The van der Waals surface area contributed by atoms with Crippen LogP contribution in [0.5, 0.6) is 0 Å². The summed E-state index contributed by atoms with van der Waals surface area (Å²) in [7, 11) is -4.43. The smallest absolute Gasteiger partial charge is 0.472 e. The topological polar surface area (TPSA) is 145 Å². The number of esters is 1. The zero-order valence-corrected chi connectivity index (χ0v) is 20.7. The average molecular weight is 482 g/mol. The fraction of sp³-hybridized carbons (Fsp3) is 0.909. The molecule has 0 bridgehead atoms. The number of hydrogen-bond donors (Lipinski definition) is 3. The van der Waals surface area contributed by atoms with Gasteiger partial charge in [-0.05, 0) is 13.3 Å². The molecule has 0 aromatic rings. The van der Waals surface area contributed by atoms with E-state index in [0.717, 1.165) is 19.3 Å². The zero-order chi connectivity index (χ0) is 24.2. The van der Waals surface area contributed by atoms with Gasteiger partial charge in [0.25, 0.3) is 0 Å². The first-order chi connectivity index (χ1) is 15.2. The molecule has 0 spiro atoms. The number of unbranched alkanes of at least 4 members (excludes halogenated alkanes) is 11. The first kappa shape index (κ1) is 31.0. The standard InChI is InChI=1S/C22H44NO8P/c1-3-4-5-6-7-8-9-10-11-12-13-14-16-20(24)29-17-15-18-30-32(27,28)31-19(2)21(23)22(25)26/h19,21H,3-18,23H2,1-2H3,(H,25,26)(H,27,28)/t19-,21+/m0/s1. The normalized spacial score (nSPS) is 15.1. The van der Waals surface area contributed by atoms with Gasteiger partial charge >= 0.3 is 19.8 Å². The van der Waals surface area contributed by atoms with Gasteiger partial charge in [0.2, 0.25) is 0 Å². The molecular weight excluding hydrogens is 437 g/mol. The van der Waals surface area contributed by atoms with Crippen molar-refractivity contribution in [3.63, 3.8) is 0 Å². The number of hydrogen-bond acceptors (Lipinski definition) is 7. The van der Waals surface area contributed by atoms with Gasteiger partial charge in [-0.2, -0.15) is 0 Å². The number of phosphoric ester groups is 1. The number of carboxylic acid groups (broad SMARTS) is 1. The van der Waals surface area contributed by atoms with Crippen molar-refractivity contribution in [2.45, 2.75) is 116 Å². The maximum absolute atomic E-state index is 11.7. The molecule has 1 unspecified atom stereocenters. The highest BCUT2D eigenvalue weighted by molar-refractivity contribution is 7.47. The van der Waals surface area contributed by atoms with Gasteiger partial charge in [-0.3, -0.25) is 18.6 Å². The van der Waals surface area contributed by atoms with Crippen molar-refractivity contribution >= 4 is 19.8 Å². The van der Waals surface area contributed by atoms with Crippen LogP contribution in [0.15, 0.2) is 0 Å². The molecule has 10 heteroatoms. The third kappa shape index (κ3) is 18.6. The molecule has 3 atom stereocenters. The number of carbonyl (C=O) groups excluding carboxylic acids is 1. The Morgan fingerprint density at radius 2 is 1.38 bits per heavy atom. The summed E-state index contributed by atoms with van der Waals surface area (Å²) in [4.78, 5) is 32.0. The van der Waals surface area contributed by atoms with Gasteiger partial charge in [0, 0.05) is 12.8 Å². The number of nitrogens with two attached hydrogens (primary N) is 1. The molecule has 0 amide bonds. The zero-order valence-electron chi connectivity index (χ0n) is 19.8. The number of ether oxygens (including phenoxy) is 1. The molecule has 0 fully saturated rings. The number of carbonyl (C=O) groups is 2. The third-order valence-electron chi connectivity index (χ3n) is 5.13. The summed E-state index contributed by atoms with van der Waals surface area (Å²) in [5.41, 5.74) is 5.31. The Kier molecular flexibility index (Phi) is 18.9. The minimum atomic E-state index is -4.43. The number of carboxylic acids is 1. The second-order valence-corrected chi connectivity index (χ2v) is 9.60. The summed E-state index contributed by atoms with van der Waals surface area (Å²) in [6, 6.07) is -1.44. The molecular formula is C22H44NO8P. The summed E-state index contributed by atoms with van der Waals surface area (Å²) in [5.74, 6) is -1.64. The Bertz CT molecular complexity index is 546. The molecule has 0 rings (SSSR count). The molecule has 0 saturated heterocycles. The fourth-order valence-electron chi connectivity index (χ4n) is 3.11. The molecule has 0 saturated carbocycles. The van der Waals surface area contributed by atoms with E-state index in [-0.39, 0.29) is 25.6 Å². The van der Waals surface area contributed by atoms with Gasteiger partial charge in [0.05, 0.1) is 19.3 Å². The molecule has 0 aliphatic heterocycles. The van der Waals surface area contributed by atoms with Crippen LogP contribution in [0, 0.1) is 0 Å². The molecule has 4 N–H and O–H groups in total. The van der Waals surface area contributed by atoms with E-state index >= 15 is 0 Å². The van der Waals surface area contributed by atoms with Gasteiger partial charge in [0.15, 0.2) is 0 Å². The molecule has 0 aliphatic carbocycles. The molecule has 0 heterocycles. The molecule has 0 aliphatic rings. The van der Waals surface area contributed by atoms with E-state index < -0.39 is 25.9 Å². The Balaban J connectivity index is 3.57. The lowest BCUT2D eigenvalue weighted by Crippen LogP contribution is -2.41. The fourth-order valence-corrected chi connectivity index (χ4v) is 4.09. The first-order valence-corrected chi connectivity index (χ1v) is 13.5. The van der Waals surface area contributed by atoms with E-state index in [9.17, 15) is 19.0 Å². The van der Waals surface area contributed by atoms with Crippen molar-refractivity contribution in [1.82, 2.24) is 0 Å². The molecule has 32 heavy (non-hydrogen) atoms. The van der Waals surface area contributed by atoms with Crippen LogP contribution >= 0.6 is 7.82 Å². The van der Waals surface area contributed by atoms with E-state index in [0.29, 0.717) is 6.42 Å². The van der Waals surface area contributed by atoms with E-state index in [1.807, 2.05) is 0 Å². The molecule has 0 aromatic carbocycles. The van der Waals surface area contributed by atoms with Gasteiger partial charge in [-0.1, -0.05) is 77.6 Å². The van der Waals surface area contributed by atoms with Crippen LogP contribution < -0.4 is 5.73 Å². The predicted molar refractivity (Wildman–Crippen MR) is 123 cm³/mol. The van der Waals surface area contributed by atoms with Crippen LogP contribution in [0.1, 0.15) is 104 Å². The van der Waals surface area contributed by atoms with Crippen molar-refractivity contribution in [1.29, 1.82) is 0 Å². The van der Waals surface area contributed by atoms with Gasteiger partial charge in [-0.25, -0.2) is 4.57 Å². The highest BCUT2D eigenvalue weighted by atomic mass is 31.2. The van der Waals surface area contributed by atoms with Gasteiger partial charge < -0.3 is 20.5 Å². The summed E-state index contributed by atoms with van der Waals surface area (Å²) < 4.78 is 26.3. The number of phosphoric acid groups is 1. The van der Waals surface area contributed by atoms with Crippen molar-refractivity contribution in [3.05, 3.63) is 0 Å². The van der Waals surface area contributed by atoms with Gasteiger partial charge in [-0.15, -0.1) is 0 Å². The molecule has 9 nitrogen and oxygen atoms in total. The van der Waals surface area contributed by atoms with E-state index in [1.165, 1.54) is 64.7 Å². The predicted octanol–water partition coefficient (Wildman–Crippen LogP) is 4.94. The minimum absolute atomic E-state index is 0.0707. The highest BCUT2D eigenvalue weighted by Gasteiger charge is 2.30. The lowest BCUT2D eigenvalue weighted by Gasteiger charge is -2.19. The third-order valence-corrected chi connectivity index (χ3v) is 6.24. The van der Waals surface area contributed by atoms with Crippen LogP contribution in [0.4, 0.5) is 0 Å². The molecule has 0 aromatic heterocycles. The monoisotopic (exact) mass is 481 g/mol. The Morgan fingerprint density at radius 3 is 1.88 bits per heavy atom. The Hall–Kier alpha value is -0.990. The summed E-state index contributed by atoms with van der Waals surface area (Å²) >= 11 is 0. The summed E-state index contributed by atoms with van der Waals surface area (Å²) in [6.07, 6.45) is 14.1. The van der Waals surface area contributed by atoms with Crippen LogP contribution in [-0.2, 0) is 27.9 Å². The highest BCUT2D eigenvalue weighted by Crippen LogP contribution is 2.44.